The summed E-state index contributed by atoms with van der Waals surface area (Å²) < 4.78 is 0. The van der Waals surface area contributed by atoms with Gasteiger partial charge in [0.05, 0.1) is 6.20 Å². The summed E-state index contributed by atoms with van der Waals surface area (Å²) in [5.41, 5.74) is 5.77. The maximum absolute atomic E-state index is 13.0. The van der Waals surface area contributed by atoms with Crippen LogP contribution >= 0.6 is 0 Å². The van der Waals surface area contributed by atoms with Gasteiger partial charge < -0.3 is 5.32 Å². The maximum atomic E-state index is 13.0. The van der Waals surface area contributed by atoms with Gasteiger partial charge in [-0.15, -0.1) is 0 Å². The Kier molecular flexibility index (Phi) is 5.50. The van der Waals surface area contributed by atoms with E-state index in [1.807, 2.05) is 12.4 Å². The zero-order valence-corrected chi connectivity index (χ0v) is 17.3. The molecule has 156 valence electrons. The lowest BCUT2D eigenvalue weighted by Gasteiger charge is -2.30. The Labute approximate surface area is 181 Å². The van der Waals surface area contributed by atoms with E-state index >= 15 is 0 Å². The summed E-state index contributed by atoms with van der Waals surface area (Å²) >= 11 is 0. The van der Waals surface area contributed by atoms with Crippen LogP contribution in [0.2, 0.25) is 0 Å². The van der Waals surface area contributed by atoms with Crippen molar-refractivity contribution in [3.8, 4) is 11.1 Å². The van der Waals surface area contributed by atoms with Crippen LogP contribution in [0, 0.1) is 0 Å². The van der Waals surface area contributed by atoms with E-state index < -0.39 is 0 Å². The number of aryl methyl sites for hydroxylation is 1. The number of benzene rings is 1. The molecule has 0 aliphatic carbocycles. The normalized spacial score (nSPS) is 15.9. The Morgan fingerprint density at radius 2 is 1.94 bits per heavy atom. The molecule has 1 aromatic carbocycles. The molecule has 0 saturated carbocycles. The number of nitrogens with zero attached hydrogens (tertiary/aromatic N) is 5. The molecule has 7 heteroatoms. The molecule has 1 N–H and O–H groups in total. The van der Waals surface area contributed by atoms with Gasteiger partial charge >= 0.3 is 0 Å². The Balaban J connectivity index is 1.45. The van der Waals surface area contributed by atoms with E-state index in [4.69, 9.17) is 0 Å². The highest BCUT2D eigenvalue weighted by atomic mass is 16.2. The molecule has 3 aromatic rings. The minimum atomic E-state index is -0.259. The lowest BCUT2D eigenvalue weighted by molar-refractivity contribution is -0.110. The first-order valence-corrected chi connectivity index (χ1v) is 10.7. The molecule has 0 atom stereocenters. The molecule has 0 spiro atoms. The quantitative estimate of drug-likeness (QED) is 0.696. The molecule has 1 fully saturated rings. The fourth-order valence-electron chi connectivity index (χ4n) is 4.00. The van der Waals surface area contributed by atoms with Gasteiger partial charge in [0.15, 0.2) is 5.82 Å². The second kappa shape index (κ2) is 8.73. The van der Waals surface area contributed by atoms with E-state index in [-0.39, 0.29) is 5.91 Å². The number of aromatic nitrogens is 3. The summed E-state index contributed by atoms with van der Waals surface area (Å²) in [6.07, 6.45) is 11.6. The van der Waals surface area contributed by atoms with Gasteiger partial charge in [-0.3, -0.25) is 24.7 Å². The Bertz CT molecular complexity index is 1120. The van der Waals surface area contributed by atoms with Crippen molar-refractivity contribution < 1.29 is 4.79 Å². The molecule has 1 saturated heterocycles. The van der Waals surface area contributed by atoms with Crippen LogP contribution in [0.5, 0.6) is 0 Å². The van der Waals surface area contributed by atoms with Crippen molar-refractivity contribution in [3.63, 3.8) is 0 Å². The summed E-state index contributed by atoms with van der Waals surface area (Å²) in [6.45, 7) is 3.87. The van der Waals surface area contributed by atoms with E-state index in [9.17, 15) is 4.79 Å². The molecule has 5 rings (SSSR count). The maximum Gasteiger partial charge on any atom is 0.275 e. The van der Waals surface area contributed by atoms with E-state index in [1.165, 1.54) is 18.2 Å². The highest BCUT2D eigenvalue weighted by molar-refractivity contribution is 6.49. The third-order valence-corrected chi connectivity index (χ3v) is 5.74. The number of carbonyl (C=O) groups excluding carboxylic acids is 1. The highest BCUT2D eigenvalue weighted by Gasteiger charge is 2.21. The lowest BCUT2D eigenvalue weighted by Crippen LogP contribution is -2.36. The number of pyridine rings is 1. The predicted molar refractivity (Wildman–Crippen MR) is 120 cm³/mol. The zero-order chi connectivity index (χ0) is 21.0. The third-order valence-electron chi connectivity index (χ3n) is 5.74. The summed E-state index contributed by atoms with van der Waals surface area (Å²) in [5, 5.41) is 2.82. The number of aliphatic imine (C=N–C) groups is 1. The Morgan fingerprint density at radius 1 is 1.00 bits per heavy atom. The van der Waals surface area contributed by atoms with Gasteiger partial charge in [0.2, 0.25) is 0 Å². The number of nitrogens with one attached hydrogen (secondary N) is 1. The first-order chi connectivity index (χ1) is 15.3. The van der Waals surface area contributed by atoms with Crippen molar-refractivity contribution in [1.82, 2.24) is 19.9 Å². The SMILES string of the molecule is O=C(Nc1cnccn1)C1=NCCCc2ccc(-c3cncc(CN4CCC4)c3)cc21. The highest BCUT2D eigenvalue weighted by Crippen LogP contribution is 2.26. The number of carbonyl (C=O) groups is 1. The smallest absolute Gasteiger partial charge is 0.275 e. The largest absolute Gasteiger partial charge is 0.304 e. The Morgan fingerprint density at radius 3 is 2.74 bits per heavy atom. The zero-order valence-electron chi connectivity index (χ0n) is 17.3. The molecular formula is C24H24N6O. The van der Waals surface area contributed by atoms with Crippen LogP contribution in [0.25, 0.3) is 11.1 Å². The monoisotopic (exact) mass is 412 g/mol. The van der Waals surface area contributed by atoms with E-state index in [1.54, 1.807) is 12.4 Å². The van der Waals surface area contributed by atoms with Crippen molar-refractivity contribution in [2.75, 3.05) is 25.0 Å². The average molecular weight is 412 g/mol. The van der Waals surface area contributed by atoms with Crippen LogP contribution in [-0.2, 0) is 17.8 Å². The summed E-state index contributed by atoms with van der Waals surface area (Å²) in [7, 11) is 0. The molecular weight excluding hydrogens is 388 g/mol. The number of likely N-dealkylation sites (tertiary alicyclic amines) is 1. The van der Waals surface area contributed by atoms with Crippen LogP contribution in [-0.4, -0.2) is 51.1 Å². The number of hydrogen-bond donors (Lipinski definition) is 1. The molecule has 0 radical (unpaired) electrons. The van der Waals surface area contributed by atoms with Gasteiger partial charge in [-0.25, -0.2) is 4.98 Å². The minimum Gasteiger partial charge on any atom is -0.304 e. The van der Waals surface area contributed by atoms with Gasteiger partial charge in [0.25, 0.3) is 5.91 Å². The van der Waals surface area contributed by atoms with Gasteiger partial charge in [-0.2, -0.15) is 0 Å². The van der Waals surface area contributed by atoms with Gasteiger partial charge in [0, 0.05) is 49.0 Å². The van der Waals surface area contributed by atoms with Crippen molar-refractivity contribution in [2.24, 2.45) is 4.99 Å². The van der Waals surface area contributed by atoms with Gasteiger partial charge in [-0.05, 0) is 61.2 Å². The first kappa shape index (κ1) is 19.5. The molecule has 7 nitrogen and oxygen atoms in total. The minimum absolute atomic E-state index is 0.259. The van der Waals surface area contributed by atoms with Crippen LogP contribution in [0.4, 0.5) is 5.82 Å². The van der Waals surface area contributed by atoms with Gasteiger partial charge in [0.1, 0.15) is 5.71 Å². The van der Waals surface area contributed by atoms with Gasteiger partial charge in [-0.1, -0.05) is 12.1 Å². The van der Waals surface area contributed by atoms with Crippen LogP contribution in [0.3, 0.4) is 0 Å². The Hall–Kier alpha value is -3.45. The van der Waals surface area contributed by atoms with Crippen molar-refractivity contribution in [3.05, 3.63) is 71.9 Å². The fraction of sp³-hybridized carbons (Fsp3) is 0.292. The molecule has 2 aliphatic rings. The molecule has 2 aromatic heterocycles. The molecule has 1 amide bonds. The topological polar surface area (TPSA) is 83.4 Å². The number of rotatable bonds is 5. The van der Waals surface area contributed by atoms with E-state index in [0.717, 1.165) is 54.7 Å². The summed E-state index contributed by atoms with van der Waals surface area (Å²) in [4.78, 5) is 32.7. The summed E-state index contributed by atoms with van der Waals surface area (Å²) in [6, 6.07) is 8.50. The predicted octanol–water partition coefficient (Wildman–Crippen LogP) is 3.12. The van der Waals surface area contributed by atoms with E-state index in [2.05, 4.69) is 54.4 Å². The number of anilines is 1. The molecule has 31 heavy (non-hydrogen) atoms. The van der Waals surface area contributed by atoms with Crippen molar-refractivity contribution in [1.29, 1.82) is 0 Å². The van der Waals surface area contributed by atoms with Crippen molar-refractivity contribution >= 4 is 17.4 Å². The number of hydrogen-bond acceptors (Lipinski definition) is 6. The van der Waals surface area contributed by atoms with Crippen LogP contribution < -0.4 is 5.32 Å². The summed E-state index contributed by atoms with van der Waals surface area (Å²) in [5.74, 6) is 0.158. The number of fused-ring (bicyclic) bond motifs is 1. The molecule has 2 aliphatic heterocycles. The standard InChI is InChI=1S/C24H24N6O/c31-24(29-22-15-25-7-8-27-22)23-21-12-19(5-4-18(21)3-1-6-28-23)20-11-17(13-26-14-20)16-30-9-2-10-30/h4-5,7-8,11-15H,1-3,6,9-10,16H2,(H,27,29,31). The molecule has 4 heterocycles. The fourth-order valence-corrected chi connectivity index (χ4v) is 4.00. The molecule has 0 bridgehead atoms. The van der Waals surface area contributed by atoms with E-state index in [0.29, 0.717) is 18.1 Å². The van der Waals surface area contributed by atoms with Crippen LogP contribution in [0.15, 0.2) is 60.2 Å². The first-order valence-electron chi connectivity index (χ1n) is 10.7. The second-order valence-electron chi connectivity index (χ2n) is 7.96. The second-order valence-corrected chi connectivity index (χ2v) is 7.96. The van der Waals surface area contributed by atoms with Crippen molar-refractivity contribution in [2.45, 2.75) is 25.8 Å². The average Bonchev–Trinajstić information content (AvgIpc) is 2.99. The number of amides is 1. The third kappa shape index (κ3) is 4.36. The van der Waals surface area contributed by atoms with Crippen LogP contribution in [0.1, 0.15) is 29.5 Å². The molecule has 0 unspecified atom stereocenters. The lowest BCUT2D eigenvalue weighted by atomic mass is 9.94.